The number of amides is 2. The van der Waals surface area contributed by atoms with Gasteiger partial charge in [-0.1, -0.05) is 42.5 Å². The van der Waals surface area contributed by atoms with Gasteiger partial charge in [-0.2, -0.15) is 0 Å². The van der Waals surface area contributed by atoms with Crippen molar-refractivity contribution >= 4 is 51.7 Å². The lowest BCUT2D eigenvalue weighted by Gasteiger charge is -2.11. The average molecular weight is 485 g/mol. The van der Waals surface area contributed by atoms with Crippen LogP contribution in [0.15, 0.2) is 83.8 Å². The Hall–Kier alpha value is -4.10. The maximum atomic E-state index is 13.1. The van der Waals surface area contributed by atoms with Crippen LogP contribution in [0.3, 0.4) is 0 Å². The highest BCUT2D eigenvalue weighted by Crippen LogP contribution is 2.26. The second-order valence-corrected chi connectivity index (χ2v) is 9.20. The molecule has 3 N–H and O–H groups in total. The number of aromatic carboxylic acids is 1. The summed E-state index contributed by atoms with van der Waals surface area (Å²) in [6, 6.07) is 23.2. The molecule has 0 aromatic heterocycles. The summed E-state index contributed by atoms with van der Waals surface area (Å²) in [4.78, 5) is 38.1. The standard InChI is InChI=1S/C28H24N2O4S/c1-17-12-13-18(2)24(14-17)30-25(31)16-35-21-9-5-8-20(15-21)29-27(32)22-10-3-6-19-7-4-11-23(26(19)22)28(33)34/h3-15H,16H2,1-2H3,(H,29,32)(H,30,31)(H,33,34). The fourth-order valence-corrected chi connectivity index (χ4v) is 4.53. The van der Waals surface area contributed by atoms with Gasteiger partial charge in [0, 0.05) is 27.2 Å². The SMILES string of the molecule is Cc1ccc(C)c(NC(=O)CSc2cccc(NC(=O)c3cccc4cccc(C(=O)O)c34)c2)c1. The smallest absolute Gasteiger partial charge is 0.336 e. The highest BCUT2D eigenvalue weighted by atomic mass is 32.2. The van der Waals surface area contributed by atoms with Gasteiger partial charge in [0.25, 0.3) is 5.91 Å². The molecule has 0 aliphatic heterocycles. The number of carboxylic acid groups (broad SMARTS) is 1. The number of anilines is 2. The molecule has 0 unspecified atom stereocenters. The van der Waals surface area contributed by atoms with Crippen molar-refractivity contribution < 1.29 is 19.5 Å². The Kier molecular flexibility index (Phi) is 7.17. The summed E-state index contributed by atoms with van der Waals surface area (Å²) in [5.74, 6) is -1.39. The van der Waals surface area contributed by atoms with Crippen LogP contribution in [0.5, 0.6) is 0 Å². The molecule has 4 aromatic carbocycles. The minimum absolute atomic E-state index is 0.0763. The molecule has 0 saturated carbocycles. The molecule has 0 bridgehead atoms. The van der Waals surface area contributed by atoms with E-state index < -0.39 is 11.9 Å². The van der Waals surface area contributed by atoms with Crippen LogP contribution >= 0.6 is 11.8 Å². The number of hydrogen-bond acceptors (Lipinski definition) is 4. The van der Waals surface area contributed by atoms with Crippen LogP contribution in [0.2, 0.25) is 0 Å². The molecule has 0 spiro atoms. The number of carbonyl (C=O) groups excluding carboxylic acids is 2. The van der Waals surface area contributed by atoms with Crippen molar-refractivity contribution in [3.8, 4) is 0 Å². The van der Waals surface area contributed by atoms with E-state index in [-0.39, 0.29) is 22.8 Å². The molecule has 35 heavy (non-hydrogen) atoms. The largest absolute Gasteiger partial charge is 0.478 e. The first-order chi connectivity index (χ1) is 16.8. The number of thioether (sulfide) groups is 1. The van der Waals surface area contributed by atoms with Crippen molar-refractivity contribution in [2.45, 2.75) is 18.7 Å². The van der Waals surface area contributed by atoms with Crippen LogP contribution in [0.1, 0.15) is 31.8 Å². The van der Waals surface area contributed by atoms with E-state index >= 15 is 0 Å². The molecule has 0 radical (unpaired) electrons. The molecule has 0 saturated heterocycles. The number of benzene rings is 4. The molecule has 0 aliphatic carbocycles. The van der Waals surface area contributed by atoms with Crippen LogP contribution < -0.4 is 10.6 Å². The molecule has 0 aliphatic rings. The van der Waals surface area contributed by atoms with Gasteiger partial charge in [0.2, 0.25) is 5.91 Å². The minimum atomic E-state index is -1.09. The third-order valence-electron chi connectivity index (χ3n) is 5.51. The molecule has 0 heterocycles. The molecule has 7 heteroatoms. The van der Waals surface area contributed by atoms with Gasteiger partial charge >= 0.3 is 5.97 Å². The number of aryl methyl sites for hydroxylation is 2. The van der Waals surface area contributed by atoms with E-state index in [9.17, 15) is 19.5 Å². The van der Waals surface area contributed by atoms with E-state index in [1.54, 1.807) is 48.5 Å². The molecule has 176 valence electrons. The van der Waals surface area contributed by atoms with Gasteiger partial charge in [-0.3, -0.25) is 9.59 Å². The van der Waals surface area contributed by atoms with Gasteiger partial charge in [-0.05, 0) is 66.8 Å². The predicted molar refractivity (Wildman–Crippen MR) is 141 cm³/mol. The first-order valence-electron chi connectivity index (χ1n) is 11.0. The van der Waals surface area contributed by atoms with E-state index in [0.717, 1.165) is 21.7 Å². The monoisotopic (exact) mass is 484 g/mol. The highest BCUT2D eigenvalue weighted by molar-refractivity contribution is 8.00. The lowest BCUT2D eigenvalue weighted by molar-refractivity contribution is -0.113. The van der Waals surface area contributed by atoms with Crippen LogP contribution in [0.4, 0.5) is 11.4 Å². The zero-order chi connectivity index (χ0) is 24.9. The number of fused-ring (bicyclic) bond motifs is 1. The second-order valence-electron chi connectivity index (χ2n) is 8.15. The van der Waals surface area contributed by atoms with Gasteiger partial charge in [0.05, 0.1) is 11.3 Å². The summed E-state index contributed by atoms with van der Waals surface area (Å²) in [5, 5.41) is 16.4. The quantitative estimate of drug-likeness (QED) is 0.274. The Morgan fingerprint density at radius 3 is 2.29 bits per heavy atom. The fourth-order valence-electron chi connectivity index (χ4n) is 3.78. The molecule has 4 rings (SSSR count). The maximum Gasteiger partial charge on any atom is 0.336 e. The number of carboxylic acids is 1. The first-order valence-corrected chi connectivity index (χ1v) is 12.0. The normalized spacial score (nSPS) is 10.7. The molecular formula is C28H24N2O4S. The van der Waals surface area contributed by atoms with Crippen LogP contribution in [-0.4, -0.2) is 28.6 Å². The van der Waals surface area contributed by atoms with E-state index in [1.807, 2.05) is 38.1 Å². The van der Waals surface area contributed by atoms with E-state index in [2.05, 4.69) is 10.6 Å². The number of carbonyl (C=O) groups is 3. The molecule has 4 aromatic rings. The minimum Gasteiger partial charge on any atom is -0.478 e. The van der Waals surface area contributed by atoms with Crippen LogP contribution in [0.25, 0.3) is 10.8 Å². The Bertz CT molecular complexity index is 1440. The maximum absolute atomic E-state index is 13.1. The summed E-state index contributed by atoms with van der Waals surface area (Å²) in [6.45, 7) is 3.92. The summed E-state index contributed by atoms with van der Waals surface area (Å²) >= 11 is 1.36. The van der Waals surface area contributed by atoms with Gasteiger partial charge in [-0.15, -0.1) is 11.8 Å². The number of nitrogens with one attached hydrogen (secondary N) is 2. The van der Waals surface area contributed by atoms with Crippen molar-refractivity contribution in [3.63, 3.8) is 0 Å². The first kappa shape index (κ1) is 24.0. The van der Waals surface area contributed by atoms with Crippen molar-refractivity contribution in [1.82, 2.24) is 0 Å². The molecule has 6 nitrogen and oxygen atoms in total. The van der Waals surface area contributed by atoms with Gasteiger partial charge in [0.1, 0.15) is 0 Å². The lowest BCUT2D eigenvalue weighted by Crippen LogP contribution is -2.15. The van der Waals surface area contributed by atoms with Gasteiger partial charge < -0.3 is 15.7 Å². The molecule has 2 amide bonds. The molecular weight excluding hydrogens is 460 g/mol. The van der Waals surface area contributed by atoms with E-state index in [1.165, 1.54) is 17.8 Å². The Balaban J connectivity index is 1.46. The predicted octanol–water partition coefficient (Wildman–Crippen LogP) is 6.14. The van der Waals surface area contributed by atoms with Crippen molar-refractivity contribution in [2.75, 3.05) is 16.4 Å². The third-order valence-corrected chi connectivity index (χ3v) is 6.50. The summed E-state index contributed by atoms with van der Waals surface area (Å²) in [6.07, 6.45) is 0. The third kappa shape index (κ3) is 5.70. The van der Waals surface area contributed by atoms with Crippen LogP contribution in [0, 0.1) is 13.8 Å². The van der Waals surface area contributed by atoms with E-state index in [0.29, 0.717) is 16.5 Å². The molecule has 0 fully saturated rings. The summed E-state index contributed by atoms with van der Waals surface area (Å²) < 4.78 is 0. The zero-order valence-corrected chi connectivity index (χ0v) is 20.1. The van der Waals surface area contributed by atoms with Crippen molar-refractivity contribution in [2.24, 2.45) is 0 Å². The van der Waals surface area contributed by atoms with Gasteiger partial charge in [0.15, 0.2) is 0 Å². The van der Waals surface area contributed by atoms with Crippen molar-refractivity contribution in [3.05, 3.63) is 101 Å². The van der Waals surface area contributed by atoms with Crippen molar-refractivity contribution in [1.29, 1.82) is 0 Å². The number of rotatable bonds is 7. The zero-order valence-electron chi connectivity index (χ0n) is 19.3. The second kappa shape index (κ2) is 10.4. The fraction of sp³-hybridized carbons (Fsp3) is 0.107. The van der Waals surface area contributed by atoms with E-state index in [4.69, 9.17) is 0 Å². The van der Waals surface area contributed by atoms with Crippen LogP contribution in [-0.2, 0) is 4.79 Å². The topological polar surface area (TPSA) is 95.5 Å². The highest BCUT2D eigenvalue weighted by Gasteiger charge is 2.17. The Morgan fingerprint density at radius 1 is 0.829 bits per heavy atom. The summed E-state index contributed by atoms with van der Waals surface area (Å²) in [7, 11) is 0. The number of hydrogen-bond donors (Lipinski definition) is 3. The Morgan fingerprint density at radius 2 is 1.54 bits per heavy atom. The molecule has 0 atom stereocenters. The Labute approximate surface area is 207 Å². The average Bonchev–Trinajstić information content (AvgIpc) is 2.84. The van der Waals surface area contributed by atoms with Gasteiger partial charge in [-0.25, -0.2) is 4.79 Å². The lowest BCUT2D eigenvalue weighted by atomic mass is 9.98. The summed E-state index contributed by atoms with van der Waals surface area (Å²) in [5.41, 5.74) is 3.79.